The number of fused-ring (bicyclic) bond motifs is 1. The number of pyridine rings is 1. The monoisotopic (exact) mass is 309 g/mol. The van der Waals surface area contributed by atoms with Crippen molar-refractivity contribution in [2.75, 3.05) is 5.32 Å². The van der Waals surface area contributed by atoms with Crippen molar-refractivity contribution in [2.24, 2.45) is 5.92 Å². The second-order valence-electron chi connectivity index (χ2n) is 6.25. The summed E-state index contributed by atoms with van der Waals surface area (Å²) in [5.74, 6) is 0.330. The fourth-order valence-corrected chi connectivity index (χ4v) is 3.13. The van der Waals surface area contributed by atoms with Crippen molar-refractivity contribution in [1.82, 2.24) is 9.97 Å². The Morgan fingerprint density at radius 1 is 1.26 bits per heavy atom. The number of oxazole rings is 1. The van der Waals surface area contributed by atoms with Crippen LogP contribution in [0.5, 0.6) is 0 Å². The van der Waals surface area contributed by atoms with E-state index < -0.39 is 0 Å². The molecule has 5 nitrogen and oxygen atoms in total. The summed E-state index contributed by atoms with van der Waals surface area (Å²) in [4.78, 5) is 8.99. The lowest BCUT2D eigenvalue weighted by Gasteiger charge is -2.37. The molecule has 0 saturated heterocycles. The molecule has 0 aliphatic heterocycles. The van der Waals surface area contributed by atoms with Crippen molar-refractivity contribution in [2.45, 2.75) is 31.9 Å². The molecule has 1 fully saturated rings. The highest BCUT2D eigenvalue weighted by Gasteiger charge is 2.36. The summed E-state index contributed by atoms with van der Waals surface area (Å²) in [6.45, 7) is 2.04. The highest BCUT2D eigenvalue weighted by molar-refractivity contribution is 5.75. The van der Waals surface area contributed by atoms with Crippen LogP contribution < -0.4 is 5.32 Å². The highest BCUT2D eigenvalue weighted by atomic mass is 16.4. The minimum Gasteiger partial charge on any atom is -0.424 e. The molecule has 0 unspecified atom stereocenters. The first kappa shape index (κ1) is 14.2. The summed E-state index contributed by atoms with van der Waals surface area (Å²) in [5.41, 5.74) is 3.72. The van der Waals surface area contributed by atoms with E-state index in [1.165, 1.54) is 0 Å². The van der Waals surface area contributed by atoms with Crippen LogP contribution in [-0.2, 0) is 0 Å². The predicted molar refractivity (Wildman–Crippen MR) is 88.1 cm³/mol. The summed E-state index contributed by atoms with van der Waals surface area (Å²) in [5, 5.41) is 13.0. The van der Waals surface area contributed by atoms with Crippen molar-refractivity contribution >= 4 is 17.1 Å². The van der Waals surface area contributed by atoms with E-state index in [-0.39, 0.29) is 12.1 Å². The Morgan fingerprint density at radius 3 is 2.87 bits per heavy atom. The first-order valence-corrected chi connectivity index (χ1v) is 7.92. The van der Waals surface area contributed by atoms with Gasteiger partial charge >= 0.3 is 0 Å². The fourth-order valence-electron chi connectivity index (χ4n) is 3.13. The Labute approximate surface area is 134 Å². The standard InChI is InChI=1S/C18H19N3O2/c1-11-5-6-16-15(8-11)20-18(23-16)21-17(12-9-13(22)10-12)14-4-2-3-7-19-14/h2-8,12-13,17,22H,9-10H2,1H3,(H,20,21)/t12?,13?,17-/m1/s1. The van der Waals surface area contributed by atoms with E-state index in [4.69, 9.17) is 4.42 Å². The maximum atomic E-state index is 9.64. The van der Waals surface area contributed by atoms with E-state index in [0.717, 1.165) is 35.2 Å². The minimum atomic E-state index is -0.209. The molecule has 2 heterocycles. The number of benzene rings is 1. The van der Waals surface area contributed by atoms with Gasteiger partial charge in [-0.05, 0) is 55.5 Å². The second kappa shape index (κ2) is 5.66. The van der Waals surface area contributed by atoms with Gasteiger partial charge in [0.25, 0.3) is 6.01 Å². The maximum absolute atomic E-state index is 9.64. The Balaban J connectivity index is 1.63. The number of aliphatic hydroxyl groups is 1. The quantitative estimate of drug-likeness (QED) is 0.772. The van der Waals surface area contributed by atoms with Crippen molar-refractivity contribution < 1.29 is 9.52 Å². The normalized spacial score (nSPS) is 21.8. The number of hydrogen-bond donors (Lipinski definition) is 2. The number of rotatable bonds is 4. The first-order chi connectivity index (χ1) is 11.2. The molecular formula is C18H19N3O2. The van der Waals surface area contributed by atoms with Crippen molar-refractivity contribution in [3.8, 4) is 0 Å². The lowest BCUT2D eigenvalue weighted by molar-refractivity contribution is 0.0331. The van der Waals surface area contributed by atoms with Crippen LogP contribution in [-0.4, -0.2) is 21.2 Å². The van der Waals surface area contributed by atoms with Crippen LogP contribution >= 0.6 is 0 Å². The predicted octanol–water partition coefficient (Wildman–Crippen LogP) is 3.46. The molecule has 4 rings (SSSR count). The average Bonchev–Trinajstić information content (AvgIpc) is 2.92. The van der Waals surface area contributed by atoms with E-state index in [2.05, 4.69) is 15.3 Å². The zero-order valence-electron chi connectivity index (χ0n) is 12.9. The molecule has 3 aromatic rings. The number of nitrogens with one attached hydrogen (secondary N) is 1. The van der Waals surface area contributed by atoms with E-state index in [1.807, 2.05) is 43.3 Å². The van der Waals surface area contributed by atoms with Crippen molar-refractivity contribution in [3.05, 3.63) is 53.9 Å². The van der Waals surface area contributed by atoms with Gasteiger partial charge in [-0.25, -0.2) is 0 Å². The van der Waals surface area contributed by atoms with Crippen LogP contribution in [0, 0.1) is 12.8 Å². The molecule has 0 spiro atoms. The summed E-state index contributed by atoms with van der Waals surface area (Å²) >= 11 is 0. The highest BCUT2D eigenvalue weighted by Crippen LogP contribution is 2.39. The molecule has 1 atom stereocenters. The number of anilines is 1. The number of nitrogens with zero attached hydrogens (tertiary/aromatic N) is 2. The zero-order valence-corrected chi connectivity index (χ0v) is 12.9. The summed E-state index contributed by atoms with van der Waals surface area (Å²) < 4.78 is 5.81. The van der Waals surface area contributed by atoms with Gasteiger partial charge in [-0.3, -0.25) is 4.98 Å². The second-order valence-corrected chi connectivity index (χ2v) is 6.25. The zero-order chi connectivity index (χ0) is 15.8. The van der Waals surface area contributed by atoms with Crippen LogP contribution in [0.3, 0.4) is 0 Å². The number of aromatic nitrogens is 2. The Kier molecular flexibility index (Phi) is 3.50. The van der Waals surface area contributed by atoms with Gasteiger partial charge in [-0.2, -0.15) is 4.98 Å². The molecule has 1 aliphatic rings. The number of hydrogen-bond acceptors (Lipinski definition) is 5. The molecule has 23 heavy (non-hydrogen) atoms. The van der Waals surface area contributed by atoms with Gasteiger partial charge in [0.05, 0.1) is 17.8 Å². The van der Waals surface area contributed by atoms with Crippen LogP contribution in [0.4, 0.5) is 6.01 Å². The van der Waals surface area contributed by atoms with Gasteiger partial charge in [0.2, 0.25) is 0 Å². The maximum Gasteiger partial charge on any atom is 0.296 e. The van der Waals surface area contributed by atoms with Crippen LogP contribution in [0.1, 0.15) is 30.1 Å². The molecule has 2 N–H and O–H groups in total. The van der Waals surface area contributed by atoms with Gasteiger partial charge in [0.1, 0.15) is 5.52 Å². The largest absolute Gasteiger partial charge is 0.424 e. The molecule has 2 aromatic heterocycles. The minimum absolute atomic E-state index is 0.00578. The van der Waals surface area contributed by atoms with Crippen LogP contribution in [0.15, 0.2) is 47.0 Å². The van der Waals surface area contributed by atoms with E-state index in [9.17, 15) is 5.11 Å². The third-order valence-corrected chi connectivity index (χ3v) is 4.45. The lowest BCUT2D eigenvalue weighted by atomic mass is 9.76. The molecule has 0 amide bonds. The van der Waals surface area contributed by atoms with Gasteiger partial charge in [0, 0.05) is 6.20 Å². The van der Waals surface area contributed by atoms with Crippen molar-refractivity contribution in [1.29, 1.82) is 0 Å². The number of aryl methyl sites for hydroxylation is 1. The molecule has 1 saturated carbocycles. The summed E-state index contributed by atoms with van der Waals surface area (Å²) in [7, 11) is 0. The molecule has 118 valence electrons. The number of aliphatic hydroxyl groups excluding tert-OH is 1. The molecule has 1 aromatic carbocycles. The Hall–Kier alpha value is -2.40. The van der Waals surface area contributed by atoms with E-state index in [0.29, 0.717) is 11.9 Å². The summed E-state index contributed by atoms with van der Waals surface area (Å²) in [6.07, 6.45) is 3.12. The Bertz CT molecular complexity index is 810. The van der Waals surface area contributed by atoms with E-state index >= 15 is 0 Å². The lowest BCUT2D eigenvalue weighted by Crippen LogP contribution is -2.36. The average molecular weight is 309 g/mol. The van der Waals surface area contributed by atoms with Crippen LogP contribution in [0.25, 0.3) is 11.1 Å². The first-order valence-electron chi connectivity index (χ1n) is 7.92. The molecule has 1 aliphatic carbocycles. The van der Waals surface area contributed by atoms with Gasteiger partial charge < -0.3 is 14.8 Å². The van der Waals surface area contributed by atoms with Crippen LogP contribution in [0.2, 0.25) is 0 Å². The topological polar surface area (TPSA) is 71.2 Å². The Morgan fingerprint density at radius 2 is 2.13 bits per heavy atom. The molecule has 0 bridgehead atoms. The SMILES string of the molecule is Cc1ccc2oc(N[C@@H](c3ccccn3)C3CC(O)C3)nc2c1. The summed E-state index contributed by atoms with van der Waals surface area (Å²) in [6, 6.07) is 12.3. The van der Waals surface area contributed by atoms with Gasteiger partial charge in [-0.15, -0.1) is 0 Å². The molecular weight excluding hydrogens is 290 g/mol. The van der Waals surface area contributed by atoms with E-state index in [1.54, 1.807) is 6.20 Å². The smallest absolute Gasteiger partial charge is 0.296 e. The fraction of sp³-hybridized carbons (Fsp3) is 0.333. The van der Waals surface area contributed by atoms with Gasteiger partial charge in [0.15, 0.2) is 5.58 Å². The van der Waals surface area contributed by atoms with Gasteiger partial charge in [-0.1, -0.05) is 12.1 Å². The third kappa shape index (κ3) is 2.80. The third-order valence-electron chi connectivity index (χ3n) is 4.45. The van der Waals surface area contributed by atoms with Crippen molar-refractivity contribution in [3.63, 3.8) is 0 Å². The molecule has 5 heteroatoms. The molecule has 0 radical (unpaired) electrons.